The van der Waals surface area contributed by atoms with Crippen LogP contribution in [-0.2, 0) is 11.3 Å². The molecule has 3 rings (SSSR count). The molecule has 0 spiro atoms. The fourth-order valence-electron chi connectivity index (χ4n) is 3.03. The van der Waals surface area contributed by atoms with Crippen LogP contribution in [0.25, 0.3) is 5.69 Å². The van der Waals surface area contributed by atoms with Gasteiger partial charge in [0.2, 0.25) is 5.91 Å². The smallest absolute Gasteiger partial charge is 0.223 e. The van der Waals surface area contributed by atoms with Crippen molar-refractivity contribution in [3.8, 4) is 5.69 Å². The second-order valence-corrected chi connectivity index (χ2v) is 7.87. The molecule has 0 atom stereocenters. The van der Waals surface area contributed by atoms with E-state index in [9.17, 15) is 9.18 Å². The van der Waals surface area contributed by atoms with Gasteiger partial charge in [-0.05, 0) is 50.2 Å². The number of nitrogens with zero attached hydrogens (tertiary/aromatic N) is 3. The zero-order valence-corrected chi connectivity index (χ0v) is 17.2. The van der Waals surface area contributed by atoms with Crippen LogP contribution < -0.4 is 0 Å². The number of aromatic nitrogens is 2. The van der Waals surface area contributed by atoms with E-state index in [0.717, 1.165) is 27.5 Å². The summed E-state index contributed by atoms with van der Waals surface area (Å²) in [5.41, 5.74) is 4.07. The highest BCUT2D eigenvalue weighted by Gasteiger charge is 2.17. The van der Waals surface area contributed by atoms with Crippen LogP contribution in [0.4, 0.5) is 4.39 Å². The van der Waals surface area contributed by atoms with Crippen molar-refractivity contribution in [1.82, 2.24) is 14.7 Å². The molecule has 0 aliphatic rings. The molecule has 3 aromatic rings. The maximum absolute atomic E-state index is 12.9. The normalized spacial score (nSPS) is 10.9. The Hall–Kier alpha value is -2.60. The Bertz CT molecular complexity index is 938. The third-order valence-electron chi connectivity index (χ3n) is 4.66. The minimum atomic E-state index is -0.248. The highest BCUT2D eigenvalue weighted by atomic mass is 32.2. The summed E-state index contributed by atoms with van der Waals surface area (Å²) >= 11 is 1.56. The lowest BCUT2D eigenvalue weighted by molar-refractivity contribution is -0.129. The number of para-hydroxylation sites is 1. The molecule has 4 nitrogen and oxygen atoms in total. The number of benzene rings is 2. The number of amides is 1. The third-order valence-corrected chi connectivity index (χ3v) is 5.68. The SMILES string of the molecule is Cc1nn(-c2ccccc2)c(C)c1CN(C)C(=O)CCSc1ccc(F)cc1. The number of halogens is 1. The summed E-state index contributed by atoms with van der Waals surface area (Å²) in [6.07, 6.45) is 0.434. The van der Waals surface area contributed by atoms with E-state index in [1.807, 2.05) is 55.9 Å². The lowest BCUT2D eigenvalue weighted by Crippen LogP contribution is -2.27. The molecule has 146 valence electrons. The van der Waals surface area contributed by atoms with E-state index in [-0.39, 0.29) is 11.7 Å². The van der Waals surface area contributed by atoms with E-state index < -0.39 is 0 Å². The molecule has 2 aromatic carbocycles. The molecule has 0 saturated heterocycles. The van der Waals surface area contributed by atoms with Crippen molar-refractivity contribution in [3.05, 3.63) is 77.4 Å². The van der Waals surface area contributed by atoms with Gasteiger partial charge in [0.15, 0.2) is 0 Å². The van der Waals surface area contributed by atoms with Gasteiger partial charge in [0.05, 0.1) is 11.4 Å². The molecule has 28 heavy (non-hydrogen) atoms. The summed E-state index contributed by atoms with van der Waals surface area (Å²) in [4.78, 5) is 15.2. The molecule has 0 unspecified atom stereocenters. The Morgan fingerprint density at radius 3 is 2.46 bits per heavy atom. The molecule has 0 saturated carbocycles. The average Bonchev–Trinajstić information content (AvgIpc) is 2.98. The van der Waals surface area contributed by atoms with Crippen molar-refractivity contribution >= 4 is 17.7 Å². The van der Waals surface area contributed by atoms with Crippen molar-refractivity contribution in [3.63, 3.8) is 0 Å². The van der Waals surface area contributed by atoms with Crippen molar-refractivity contribution in [2.24, 2.45) is 0 Å². The summed E-state index contributed by atoms with van der Waals surface area (Å²) in [5, 5.41) is 4.65. The molecule has 1 amide bonds. The van der Waals surface area contributed by atoms with E-state index in [1.165, 1.54) is 12.1 Å². The van der Waals surface area contributed by atoms with Gasteiger partial charge >= 0.3 is 0 Å². The first-order chi connectivity index (χ1) is 13.5. The Labute approximate surface area is 169 Å². The predicted octanol–water partition coefficient (Wildman–Crippen LogP) is 4.77. The monoisotopic (exact) mass is 397 g/mol. The van der Waals surface area contributed by atoms with Gasteiger partial charge in [0.1, 0.15) is 5.82 Å². The molecule has 0 bridgehead atoms. The average molecular weight is 398 g/mol. The fourth-order valence-corrected chi connectivity index (χ4v) is 3.87. The molecule has 0 fully saturated rings. The van der Waals surface area contributed by atoms with Crippen LogP contribution in [0.3, 0.4) is 0 Å². The second kappa shape index (κ2) is 9.06. The predicted molar refractivity (Wildman–Crippen MR) is 111 cm³/mol. The standard InChI is InChI=1S/C22H24FN3OS/c1-16-21(17(2)26(24-16)19-7-5-4-6-8-19)15-25(3)22(27)13-14-28-20-11-9-18(23)10-12-20/h4-12H,13-15H2,1-3H3. The summed E-state index contributed by atoms with van der Waals surface area (Å²) in [7, 11) is 1.82. The minimum Gasteiger partial charge on any atom is -0.341 e. The van der Waals surface area contributed by atoms with Gasteiger partial charge in [-0.1, -0.05) is 18.2 Å². The number of hydrogen-bond acceptors (Lipinski definition) is 3. The molecule has 1 aromatic heterocycles. The van der Waals surface area contributed by atoms with Crippen LogP contribution in [0.2, 0.25) is 0 Å². The van der Waals surface area contributed by atoms with E-state index in [4.69, 9.17) is 0 Å². The zero-order chi connectivity index (χ0) is 20.1. The van der Waals surface area contributed by atoms with Gasteiger partial charge in [-0.15, -0.1) is 11.8 Å². The first kappa shape index (κ1) is 20.1. The molecular formula is C22H24FN3OS. The number of aryl methyl sites for hydroxylation is 1. The van der Waals surface area contributed by atoms with Crippen LogP contribution in [0.15, 0.2) is 59.5 Å². The van der Waals surface area contributed by atoms with Gasteiger partial charge in [0.25, 0.3) is 0 Å². The van der Waals surface area contributed by atoms with Crippen LogP contribution in [0.1, 0.15) is 23.4 Å². The Morgan fingerprint density at radius 1 is 1.11 bits per heavy atom. The van der Waals surface area contributed by atoms with Gasteiger partial charge < -0.3 is 4.90 Å². The molecule has 1 heterocycles. The largest absolute Gasteiger partial charge is 0.341 e. The molecule has 0 radical (unpaired) electrons. The maximum Gasteiger partial charge on any atom is 0.223 e. The lowest BCUT2D eigenvalue weighted by Gasteiger charge is -2.17. The van der Waals surface area contributed by atoms with Crippen molar-refractivity contribution in [2.75, 3.05) is 12.8 Å². The van der Waals surface area contributed by atoms with Crippen LogP contribution in [0, 0.1) is 19.7 Å². The Balaban J connectivity index is 1.59. The van der Waals surface area contributed by atoms with E-state index >= 15 is 0 Å². The van der Waals surface area contributed by atoms with Gasteiger partial charge in [-0.25, -0.2) is 9.07 Å². The second-order valence-electron chi connectivity index (χ2n) is 6.70. The van der Waals surface area contributed by atoms with Crippen molar-refractivity contribution in [2.45, 2.75) is 31.7 Å². The summed E-state index contributed by atoms with van der Waals surface area (Å²) in [5.74, 6) is 0.499. The van der Waals surface area contributed by atoms with Gasteiger partial charge in [-0.2, -0.15) is 5.10 Å². The van der Waals surface area contributed by atoms with Gasteiger partial charge in [0, 0.05) is 41.9 Å². The number of hydrogen-bond donors (Lipinski definition) is 0. The molecule has 6 heteroatoms. The molecule has 0 aliphatic carbocycles. The third kappa shape index (κ3) is 4.81. The molecule has 0 N–H and O–H groups in total. The lowest BCUT2D eigenvalue weighted by atomic mass is 10.2. The van der Waals surface area contributed by atoms with Crippen LogP contribution >= 0.6 is 11.8 Å². The topological polar surface area (TPSA) is 38.1 Å². The van der Waals surface area contributed by atoms with Crippen molar-refractivity contribution < 1.29 is 9.18 Å². The summed E-state index contributed by atoms with van der Waals surface area (Å²) < 4.78 is 14.9. The fraction of sp³-hybridized carbons (Fsp3) is 0.273. The van der Waals surface area contributed by atoms with E-state index in [2.05, 4.69) is 5.10 Å². The Morgan fingerprint density at radius 2 is 1.79 bits per heavy atom. The quantitative estimate of drug-likeness (QED) is 0.539. The number of carbonyl (C=O) groups excluding carboxylic acids is 1. The molecular weight excluding hydrogens is 373 g/mol. The van der Waals surface area contributed by atoms with Crippen molar-refractivity contribution in [1.29, 1.82) is 0 Å². The van der Waals surface area contributed by atoms with E-state index in [0.29, 0.717) is 18.7 Å². The first-order valence-electron chi connectivity index (χ1n) is 9.18. The maximum atomic E-state index is 12.9. The summed E-state index contributed by atoms with van der Waals surface area (Å²) in [6.45, 7) is 4.54. The Kier molecular flexibility index (Phi) is 6.52. The van der Waals surface area contributed by atoms with Crippen LogP contribution in [-0.4, -0.2) is 33.4 Å². The minimum absolute atomic E-state index is 0.0841. The zero-order valence-electron chi connectivity index (χ0n) is 16.4. The number of carbonyl (C=O) groups is 1. The highest BCUT2D eigenvalue weighted by molar-refractivity contribution is 7.99. The van der Waals surface area contributed by atoms with Gasteiger partial charge in [-0.3, -0.25) is 4.79 Å². The van der Waals surface area contributed by atoms with Crippen LogP contribution in [0.5, 0.6) is 0 Å². The van der Waals surface area contributed by atoms with E-state index in [1.54, 1.807) is 28.8 Å². The summed E-state index contributed by atoms with van der Waals surface area (Å²) in [6, 6.07) is 16.3. The molecule has 0 aliphatic heterocycles. The number of thioether (sulfide) groups is 1. The first-order valence-corrected chi connectivity index (χ1v) is 10.2. The highest BCUT2D eigenvalue weighted by Crippen LogP contribution is 2.21. The number of rotatable bonds is 7.